The number of nitro groups is 1. The lowest BCUT2D eigenvalue weighted by Gasteiger charge is -2.25. The molecule has 0 saturated carbocycles. The number of nitro benzene ring substituents is 1. The van der Waals surface area contributed by atoms with Crippen LogP contribution < -0.4 is 10.1 Å². The summed E-state index contributed by atoms with van der Waals surface area (Å²) >= 11 is 0. The first-order valence-electron chi connectivity index (χ1n) is 10.2. The van der Waals surface area contributed by atoms with E-state index in [4.69, 9.17) is 4.74 Å². The molecular weight excluding hydrogens is 434 g/mol. The number of anilines is 1. The summed E-state index contributed by atoms with van der Waals surface area (Å²) in [6.07, 6.45) is 0. The van der Waals surface area contributed by atoms with E-state index in [1.807, 2.05) is 27.7 Å². The van der Waals surface area contributed by atoms with E-state index < -0.39 is 20.9 Å². The summed E-state index contributed by atoms with van der Waals surface area (Å²) in [5.74, 6) is 0.0165. The minimum atomic E-state index is -3.72. The molecule has 2 aromatic carbocycles. The molecule has 0 radical (unpaired) electrons. The predicted molar refractivity (Wildman–Crippen MR) is 122 cm³/mol. The fraction of sp³-hybridized carbons (Fsp3) is 0.409. The number of hydrogen-bond donors (Lipinski definition) is 1. The van der Waals surface area contributed by atoms with E-state index in [-0.39, 0.29) is 39.4 Å². The number of carbonyl (C=O) groups is 1. The smallest absolute Gasteiger partial charge is 0.296 e. The monoisotopic (exact) mass is 463 g/mol. The number of ether oxygens (including phenoxy) is 1. The average Bonchev–Trinajstić information content (AvgIpc) is 2.72. The number of sulfonamides is 1. The highest BCUT2D eigenvalue weighted by molar-refractivity contribution is 7.89. The zero-order valence-corrected chi connectivity index (χ0v) is 19.7. The van der Waals surface area contributed by atoms with Crippen LogP contribution in [0.15, 0.2) is 47.4 Å². The van der Waals surface area contributed by atoms with Crippen LogP contribution in [0.25, 0.3) is 0 Å². The molecule has 174 valence electrons. The summed E-state index contributed by atoms with van der Waals surface area (Å²) in [5, 5.41) is 13.8. The molecule has 0 fully saturated rings. The SMILES string of the molecule is COc1ccc(NC(=O)c2ccc(S(=O)(=O)N(CC(C)C)CC(C)C)cc2)c([N+](=O)[O-])c1. The molecule has 1 amide bonds. The van der Waals surface area contributed by atoms with Gasteiger partial charge in [0.05, 0.1) is 23.0 Å². The fourth-order valence-corrected chi connectivity index (χ4v) is 4.87. The summed E-state index contributed by atoms with van der Waals surface area (Å²) in [7, 11) is -2.33. The Hall–Kier alpha value is -2.98. The highest BCUT2D eigenvalue weighted by Gasteiger charge is 2.26. The number of nitrogens with one attached hydrogen (secondary N) is 1. The van der Waals surface area contributed by atoms with Gasteiger partial charge in [-0.15, -0.1) is 0 Å². The van der Waals surface area contributed by atoms with Gasteiger partial charge in [0.25, 0.3) is 11.6 Å². The Morgan fingerprint density at radius 1 is 1.06 bits per heavy atom. The Bertz CT molecular complexity index is 1060. The van der Waals surface area contributed by atoms with Gasteiger partial charge in [0.1, 0.15) is 11.4 Å². The van der Waals surface area contributed by atoms with Crippen molar-refractivity contribution in [3.63, 3.8) is 0 Å². The van der Waals surface area contributed by atoms with Crippen LogP contribution >= 0.6 is 0 Å². The van der Waals surface area contributed by atoms with Crippen molar-refractivity contribution in [2.45, 2.75) is 32.6 Å². The molecule has 10 heteroatoms. The molecule has 0 unspecified atom stereocenters. The van der Waals surface area contributed by atoms with Crippen LogP contribution in [0.4, 0.5) is 11.4 Å². The lowest BCUT2D eigenvalue weighted by Crippen LogP contribution is -2.37. The topological polar surface area (TPSA) is 119 Å². The van der Waals surface area contributed by atoms with Gasteiger partial charge in [-0.3, -0.25) is 14.9 Å². The maximum atomic E-state index is 13.1. The van der Waals surface area contributed by atoms with Gasteiger partial charge >= 0.3 is 0 Å². The van der Waals surface area contributed by atoms with Crippen molar-refractivity contribution in [3.8, 4) is 5.75 Å². The molecule has 2 rings (SSSR count). The molecule has 0 bridgehead atoms. The van der Waals surface area contributed by atoms with Gasteiger partial charge in [-0.25, -0.2) is 8.42 Å². The maximum absolute atomic E-state index is 13.1. The second kappa shape index (κ2) is 10.6. The van der Waals surface area contributed by atoms with Crippen molar-refractivity contribution < 1.29 is 22.9 Å². The van der Waals surface area contributed by atoms with Crippen molar-refractivity contribution in [2.24, 2.45) is 11.8 Å². The van der Waals surface area contributed by atoms with Crippen molar-refractivity contribution in [3.05, 3.63) is 58.1 Å². The summed E-state index contributed by atoms with van der Waals surface area (Å²) in [6.45, 7) is 8.60. The van der Waals surface area contributed by atoms with Crippen molar-refractivity contribution in [1.82, 2.24) is 4.31 Å². The lowest BCUT2D eigenvalue weighted by atomic mass is 10.2. The molecule has 0 aliphatic rings. The largest absolute Gasteiger partial charge is 0.496 e. The molecule has 0 saturated heterocycles. The normalized spacial score (nSPS) is 11.8. The van der Waals surface area contributed by atoms with Gasteiger partial charge in [0.2, 0.25) is 10.0 Å². The van der Waals surface area contributed by atoms with Gasteiger partial charge in [-0.1, -0.05) is 27.7 Å². The molecule has 0 atom stereocenters. The quantitative estimate of drug-likeness (QED) is 0.417. The number of hydrogen-bond acceptors (Lipinski definition) is 6. The van der Waals surface area contributed by atoms with Crippen LogP contribution in [0.3, 0.4) is 0 Å². The van der Waals surface area contributed by atoms with E-state index in [0.717, 1.165) is 0 Å². The highest BCUT2D eigenvalue weighted by Crippen LogP contribution is 2.29. The van der Waals surface area contributed by atoms with Crippen molar-refractivity contribution in [1.29, 1.82) is 0 Å². The Morgan fingerprint density at radius 2 is 1.62 bits per heavy atom. The van der Waals surface area contributed by atoms with Crippen LogP contribution in [-0.2, 0) is 10.0 Å². The first-order chi connectivity index (χ1) is 14.9. The zero-order valence-electron chi connectivity index (χ0n) is 18.9. The molecule has 32 heavy (non-hydrogen) atoms. The number of nitrogens with zero attached hydrogens (tertiary/aromatic N) is 2. The zero-order chi connectivity index (χ0) is 24.1. The number of methoxy groups -OCH3 is 1. The average molecular weight is 464 g/mol. The second-order valence-corrected chi connectivity index (χ2v) is 10.2. The predicted octanol–water partition coefficient (Wildman–Crippen LogP) is 4.16. The Labute approximate surface area is 188 Å². The molecule has 9 nitrogen and oxygen atoms in total. The molecule has 0 aliphatic heterocycles. The molecular formula is C22H29N3O6S. The number of rotatable bonds is 10. The summed E-state index contributed by atoms with van der Waals surface area (Å²) in [4.78, 5) is 23.4. The van der Waals surface area contributed by atoms with E-state index in [0.29, 0.717) is 13.1 Å². The highest BCUT2D eigenvalue weighted by atomic mass is 32.2. The molecule has 0 aliphatic carbocycles. The van der Waals surface area contributed by atoms with Gasteiger partial charge in [0, 0.05) is 18.7 Å². The Kier molecular flexibility index (Phi) is 8.34. The second-order valence-electron chi connectivity index (χ2n) is 8.23. The van der Waals surface area contributed by atoms with E-state index in [9.17, 15) is 23.3 Å². The first kappa shape index (κ1) is 25.3. The van der Waals surface area contributed by atoms with Crippen LogP contribution in [0, 0.1) is 22.0 Å². The van der Waals surface area contributed by atoms with Gasteiger partial charge in [-0.2, -0.15) is 4.31 Å². The van der Waals surface area contributed by atoms with Crippen LogP contribution in [0.1, 0.15) is 38.1 Å². The van der Waals surface area contributed by atoms with Crippen LogP contribution in [0.2, 0.25) is 0 Å². The van der Waals surface area contributed by atoms with Crippen LogP contribution in [0.5, 0.6) is 5.75 Å². The molecule has 0 aromatic heterocycles. The molecule has 2 aromatic rings. The Balaban J connectivity index is 2.26. The summed E-state index contributed by atoms with van der Waals surface area (Å²) in [5.41, 5.74) is -0.124. The lowest BCUT2D eigenvalue weighted by molar-refractivity contribution is -0.384. The fourth-order valence-electron chi connectivity index (χ4n) is 3.10. The van der Waals surface area contributed by atoms with E-state index in [1.54, 1.807) is 0 Å². The van der Waals surface area contributed by atoms with Gasteiger partial charge < -0.3 is 10.1 Å². The number of carbonyl (C=O) groups excluding carboxylic acids is 1. The minimum Gasteiger partial charge on any atom is -0.496 e. The van der Waals surface area contributed by atoms with E-state index in [2.05, 4.69) is 5.32 Å². The molecule has 1 N–H and O–H groups in total. The summed E-state index contributed by atoms with van der Waals surface area (Å²) in [6, 6.07) is 9.62. The van der Waals surface area contributed by atoms with Crippen LogP contribution in [-0.4, -0.2) is 43.8 Å². The number of amides is 1. The van der Waals surface area contributed by atoms with Crippen molar-refractivity contribution >= 4 is 27.3 Å². The van der Waals surface area contributed by atoms with E-state index in [1.165, 1.54) is 53.9 Å². The van der Waals surface area contributed by atoms with Gasteiger partial charge in [0.15, 0.2) is 0 Å². The van der Waals surface area contributed by atoms with Gasteiger partial charge in [-0.05, 0) is 48.2 Å². The standard InChI is InChI=1S/C22H29N3O6S/c1-15(2)13-24(14-16(3)4)32(29,30)19-9-6-17(7-10-19)22(26)23-20-11-8-18(31-5)12-21(20)25(27)28/h6-12,15-16H,13-14H2,1-5H3,(H,23,26). The van der Waals surface area contributed by atoms with Crippen molar-refractivity contribution in [2.75, 3.05) is 25.5 Å². The number of benzene rings is 2. The summed E-state index contributed by atoms with van der Waals surface area (Å²) < 4.78 is 32.6. The third kappa shape index (κ3) is 6.27. The third-order valence-corrected chi connectivity index (χ3v) is 6.39. The molecule has 0 spiro atoms. The maximum Gasteiger partial charge on any atom is 0.296 e. The minimum absolute atomic E-state index is 0.0116. The third-order valence-electron chi connectivity index (χ3n) is 4.54. The Morgan fingerprint density at radius 3 is 2.09 bits per heavy atom. The molecule has 0 heterocycles. The van der Waals surface area contributed by atoms with E-state index >= 15 is 0 Å². The first-order valence-corrected chi connectivity index (χ1v) is 11.6.